The summed E-state index contributed by atoms with van der Waals surface area (Å²) in [7, 11) is 0. The maximum atomic E-state index is 10.3. The average Bonchev–Trinajstić information content (AvgIpc) is 2.56. The van der Waals surface area contributed by atoms with Gasteiger partial charge in [-0.15, -0.1) is 0 Å². The Morgan fingerprint density at radius 1 is 0.625 bits per heavy atom. The van der Waals surface area contributed by atoms with Crippen molar-refractivity contribution >= 4 is 5.97 Å². The Morgan fingerprint density at radius 2 is 0.958 bits per heavy atom. The molecule has 0 unspecified atom stereocenters. The van der Waals surface area contributed by atoms with Gasteiger partial charge in [0.2, 0.25) is 0 Å². The molecule has 0 fully saturated rings. The Morgan fingerprint density at radius 3 is 1.29 bits per heavy atom. The van der Waals surface area contributed by atoms with Crippen molar-refractivity contribution in [2.24, 2.45) is 0 Å². The number of carboxylic acids is 1. The SMILES string of the molecule is CC/C=C\C/C=C\C/C=C\CC=CCC=CCC=CCCC(=O)O. The molecule has 0 saturated carbocycles. The second kappa shape index (κ2) is 19.0. The number of allylic oxidation sites excluding steroid dienone is 12. The molecule has 0 rings (SSSR count). The van der Waals surface area contributed by atoms with Crippen molar-refractivity contribution in [1.82, 2.24) is 0 Å². The highest BCUT2D eigenvalue weighted by Crippen LogP contribution is 1.97. The molecule has 24 heavy (non-hydrogen) atoms. The lowest BCUT2D eigenvalue weighted by Gasteiger charge is -1.87. The predicted octanol–water partition coefficient (Wildman–Crippen LogP) is 6.55. The van der Waals surface area contributed by atoms with Gasteiger partial charge in [-0.1, -0.05) is 79.8 Å². The first-order chi connectivity index (χ1) is 11.8. The molecule has 0 aromatic heterocycles. The fourth-order valence-electron chi connectivity index (χ4n) is 1.85. The lowest BCUT2D eigenvalue weighted by Crippen LogP contribution is -1.91. The Hall–Kier alpha value is -2.09. The first-order valence-corrected chi connectivity index (χ1v) is 8.89. The molecule has 132 valence electrons. The van der Waals surface area contributed by atoms with E-state index in [9.17, 15) is 4.79 Å². The fourth-order valence-corrected chi connectivity index (χ4v) is 1.85. The highest BCUT2D eigenvalue weighted by atomic mass is 16.4. The molecule has 0 heterocycles. The number of hydrogen-bond acceptors (Lipinski definition) is 1. The highest BCUT2D eigenvalue weighted by molar-refractivity contribution is 5.66. The molecule has 0 aromatic carbocycles. The van der Waals surface area contributed by atoms with Crippen LogP contribution in [0.5, 0.6) is 0 Å². The van der Waals surface area contributed by atoms with Gasteiger partial charge in [0.15, 0.2) is 0 Å². The van der Waals surface area contributed by atoms with Crippen LogP contribution in [0.25, 0.3) is 0 Å². The van der Waals surface area contributed by atoms with Crippen LogP contribution in [0.15, 0.2) is 72.9 Å². The molecule has 0 aliphatic carbocycles. The van der Waals surface area contributed by atoms with Gasteiger partial charge in [-0.05, 0) is 44.9 Å². The molecular formula is C22H32O2. The van der Waals surface area contributed by atoms with Crippen LogP contribution in [0.1, 0.15) is 58.3 Å². The number of aliphatic carboxylic acids is 1. The zero-order chi connectivity index (χ0) is 17.7. The first-order valence-electron chi connectivity index (χ1n) is 8.89. The van der Waals surface area contributed by atoms with Crippen LogP contribution in [-0.4, -0.2) is 11.1 Å². The van der Waals surface area contributed by atoms with Gasteiger partial charge in [0, 0.05) is 6.42 Å². The lowest BCUT2D eigenvalue weighted by atomic mass is 10.2. The van der Waals surface area contributed by atoms with Gasteiger partial charge in [0.1, 0.15) is 0 Å². The number of hydrogen-bond donors (Lipinski definition) is 1. The maximum absolute atomic E-state index is 10.3. The molecule has 0 bridgehead atoms. The van der Waals surface area contributed by atoms with E-state index in [4.69, 9.17) is 5.11 Å². The van der Waals surface area contributed by atoms with Crippen molar-refractivity contribution in [2.75, 3.05) is 0 Å². The van der Waals surface area contributed by atoms with Gasteiger partial charge >= 0.3 is 5.97 Å². The smallest absolute Gasteiger partial charge is 0.303 e. The van der Waals surface area contributed by atoms with E-state index < -0.39 is 5.97 Å². The quantitative estimate of drug-likeness (QED) is 0.367. The standard InChI is InChI=1S/C22H32O2/c1-2-3-4-5-6-7-8-9-10-11-12-13-14-15-16-17-18-19-20-21-22(23)24/h3-4,6-7,9-10,12-13,15-16,18-19H,2,5,8,11,14,17,20-21H2,1H3,(H,23,24)/b4-3-,7-6-,10-9-,13-12?,16-15?,19-18?. The summed E-state index contributed by atoms with van der Waals surface area (Å²) in [5, 5.41) is 8.49. The van der Waals surface area contributed by atoms with E-state index in [1.165, 1.54) is 0 Å². The number of carboxylic acid groups (broad SMARTS) is 1. The monoisotopic (exact) mass is 328 g/mol. The largest absolute Gasteiger partial charge is 0.481 e. The van der Waals surface area contributed by atoms with Crippen LogP contribution in [0.3, 0.4) is 0 Å². The second-order valence-electron chi connectivity index (χ2n) is 5.35. The maximum Gasteiger partial charge on any atom is 0.303 e. The Kier molecular flexibility index (Phi) is 17.3. The Bertz CT molecular complexity index is 462. The minimum atomic E-state index is -0.741. The first kappa shape index (κ1) is 21.9. The summed E-state index contributed by atoms with van der Waals surface area (Å²) >= 11 is 0. The topological polar surface area (TPSA) is 37.3 Å². The molecule has 0 aliphatic rings. The summed E-state index contributed by atoms with van der Waals surface area (Å²) in [5.74, 6) is -0.741. The summed E-state index contributed by atoms with van der Waals surface area (Å²) in [6.45, 7) is 2.15. The van der Waals surface area contributed by atoms with E-state index in [1.54, 1.807) is 0 Å². The van der Waals surface area contributed by atoms with Gasteiger partial charge in [0.05, 0.1) is 0 Å². The molecule has 2 heteroatoms. The van der Waals surface area contributed by atoms with Crippen LogP contribution in [0, 0.1) is 0 Å². The van der Waals surface area contributed by atoms with Crippen molar-refractivity contribution < 1.29 is 9.90 Å². The van der Waals surface area contributed by atoms with Crippen molar-refractivity contribution in [3.05, 3.63) is 72.9 Å². The van der Waals surface area contributed by atoms with Crippen molar-refractivity contribution in [3.8, 4) is 0 Å². The molecule has 0 atom stereocenters. The van der Waals surface area contributed by atoms with E-state index in [2.05, 4.69) is 67.7 Å². The van der Waals surface area contributed by atoms with Crippen molar-refractivity contribution in [3.63, 3.8) is 0 Å². The Labute approximate surface area is 147 Å². The number of rotatable bonds is 14. The molecule has 0 aromatic rings. The molecule has 1 N–H and O–H groups in total. The molecule has 2 nitrogen and oxygen atoms in total. The molecule has 0 aliphatic heterocycles. The van der Waals surface area contributed by atoms with E-state index in [0.717, 1.165) is 38.5 Å². The van der Waals surface area contributed by atoms with Crippen LogP contribution >= 0.6 is 0 Å². The van der Waals surface area contributed by atoms with E-state index in [1.807, 2.05) is 12.2 Å². The van der Waals surface area contributed by atoms with Gasteiger partial charge < -0.3 is 5.11 Å². The summed E-state index contributed by atoms with van der Waals surface area (Å²) < 4.78 is 0. The van der Waals surface area contributed by atoms with Crippen molar-refractivity contribution in [2.45, 2.75) is 58.3 Å². The van der Waals surface area contributed by atoms with Crippen LogP contribution in [0.4, 0.5) is 0 Å². The predicted molar refractivity (Wildman–Crippen MR) is 105 cm³/mol. The van der Waals surface area contributed by atoms with Gasteiger partial charge in [0.25, 0.3) is 0 Å². The third-order valence-electron chi connectivity index (χ3n) is 3.12. The van der Waals surface area contributed by atoms with Crippen molar-refractivity contribution in [1.29, 1.82) is 0 Å². The highest BCUT2D eigenvalue weighted by Gasteiger charge is 1.90. The summed E-state index contributed by atoms with van der Waals surface area (Å²) in [6.07, 6.45) is 32.5. The van der Waals surface area contributed by atoms with Crippen LogP contribution in [0.2, 0.25) is 0 Å². The minimum absolute atomic E-state index is 0.210. The van der Waals surface area contributed by atoms with Gasteiger partial charge in [-0.25, -0.2) is 0 Å². The summed E-state index contributed by atoms with van der Waals surface area (Å²) in [4.78, 5) is 10.3. The fraction of sp³-hybridized carbons (Fsp3) is 0.409. The van der Waals surface area contributed by atoms with Gasteiger partial charge in [-0.3, -0.25) is 4.79 Å². The minimum Gasteiger partial charge on any atom is -0.481 e. The Balaban J connectivity index is 3.51. The van der Waals surface area contributed by atoms with Crippen LogP contribution < -0.4 is 0 Å². The molecular weight excluding hydrogens is 296 g/mol. The third-order valence-corrected chi connectivity index (χ3v) is 3.12. The zero-order valence-corrected chi connectivity index (χ0v) is 14.9. The zero-order valence-electron chi connectivity index (χ0n) is 14.9. The van der Waals surface area contributed by atoms with E-state index >= 15 is 0 Å². The normalized spacial score (nSPS) is 13.0. The van der Waals surface area contributed by atoms with E-state index in [0.29, 0.717) is 6.42 Å². The van der Waals surface area contributed by atoms with Crippen LogP contribution in [-0.2, 0) is 4.79 Å². The van der Waals surface area contributed by atoms with E-state index in [-0.39, 0.29) is 6.42 Å². The summed E-state index contributed by atoms with van der Waals surface area (Å²) in [5.41, 5.74) is 0. The summed E-state index contributed by atoms with van der Waals surface area (Å²) in [6, 6.07) is 0. The molecule has 0 amide bonds. The molecule has 0 saturated heterocycles. The van der Waals surface area contributed by atoms with Gasteiger partial charge in [-0.2, -0.15) is 0 Å². The third kappa shape index (κ3) is 19.9. The average molecular weight is 328 g/mol. The lowest BCUT2D eigenvalue weighted by molar-refractivity contribution is -0.136. The second-order valence-corrected chi connectivity index (χ2v) is 5.35. The number of carbonyl (C=O) groups is 1. The molecule has 0 spiro atoms. The molecule has 0 radical (unpaired) electrons.